The standard InChI is InChI=1S/C10H12N2O6/c1-10(14,9(13)17-2)6-18-7-4-3-5-11-8(7)12(15)16/h3-5,14H,6H2,1-2H3. The number of hydrogen-bond donors (Lipinski definition) is 1. The molecule has 98 valence electrons. The molecule has 1 atom stereocenters. The molecule has 0 aliphatic rings. The molecule has 0 bridgehead atoms. The van der Waals surface area contributed by atoms with Gasteiger partial charge in [0.1, 0.15) is 12.8 Å². The predicted octanol–water partition coefficient (Wildman–Crippen LogP) is 0.293. The molecule has 8 nitrogen and oxygen atoms in total. The number of hydrogen-bond acceptors (Lipinski definition) is 7. The second-order valence-electron chi connectivity index (χ2n) is 3.64. The molecule has 0 aliphatic heterocycles. The van der Waals surface area contributed by atoms with Crippen molar-refractivity contribution in [2.24, 2.45) is 0 Å². The van der Waals surface area contributed by atoms with Gasteiger partial charge in [0, 0.05) is 0 Å². The lowest BCUT2D eigenvalue weighted by molar-refractivity contribution is -0.390. The highest BCUT2D eigenvalue weighted by atomic mass is 16.6. The Bertz CT molecular complexity index is 459. The summed E-state index contributed by atoms with van der Waals surface area (Å²) in [5.41, 5.74) is -1.89. The van der Waals surface area contributed by atoms with Crippen LogP contribution in [0.3, 0.4) is 0 Å². The first-order valence-electron chi connectivity index (χ1n) is 4.91. The van der Waals surface area contributed by atoms with Gasteiger partial charge < -0.3 is 24.7 Å². The van der Waals surface area contributed by atoms with Crippen molar-refractivity contribution >= 4 is 11.8 Å². The van der Waals surface area contributed by atoms with Crippen LogP contribution in [0.1, 0.15) is 6.92 Å². The van der Waals surface area contributed by atoms with Crippen LogP contribution >= 0.6 is 0 Å². The molecule has 1 aromatic heterocycles. The van der Waals surface area contributed by atoms with Gasteiger partial charge in [0.2, 0.25) is 5.75 Å². The van der Waals surface area contributed by atoms with Crippen LogP contribution in [0, 0.1) is 10.1 Å². The highest BCUT2D eigenvalue weighted by Gasteiger charge is 2.33. The van der Waals surface area contributed by atoms with Crippen LogP contribution in [0.25, 0.3) is 0 Å². The zero-order valence-electron chi connectivity index (χ0n) is 9.82. The number of pyridine rings is 1. The normalized spacial score (nSPS) is 13.5. The summed E-state index contributed by atoms with van der Waals surface area (Å²) in [4.78, 5) is 24.6. The Labute approximate surface area is 102 Å². The van der Waals surface area contributed by atoms with E-state index < -0.39 is 28.9 Å². The van der Waals surface area contributed by atoms with Crippen LogP contribution in [-0.2, 0) is 9.53 Å². The van der Waals surface area contributed by atoms with E-state index in [9.17, 15) is 20.0 Å². The average molecular weight is 256 g/mol. The number of methoxy groups -OCH3 is 1. The van der Waals surface area contributed by atoms with Gasteiger partial charge in [-0.2, -0.15) is 0 Å². The van der Waals surface area contributed by atoms with Gasteiger partial charge >= 0.3 is 11.8 Å². The molecule has 0 amide bonds. The van der Waals surface area contributed by atoms with Gasteiger partial charge in [-0.05, 0) is 29.0 Å². The quantitative estimate of drug-likeness (QED) is 0.457. The Kier molecular flexibility index (Phi) is 4.16. The highest BCUT2D eigenvalue weighted by Crippen LogP contribution is 2.24. The Morgan fingerprint density at radius 2 is 2.33 bits per heavy atom. The molecule has 18 heavy (non-hydrogen) atoms. The van der Waals surface area contributed by atoms with Crippen LogP contribution in [-0.4, -0.2) is 40.3 Å². The molecule has 0 saturated carbocycles. The van der Waals surface area contributed by atoms with Crippen LogP contribution in [0.4, 0.5) is 5.82 Å². The molecule has 0 saturated heterocycles. The van der Waals surface area contributed by atoms with Crippen molar-refractivity contribution in [3.63, 3.8) is 0 Å². The van der Waals surface area contributed by atoms with Crippen molar-refractivity contribution < 1.29 is 24.3 Å². The molecular weight excluding hydrogens is 244 g/mol. The van der Waals surface area contributed by atoms with E-state index in [0.717, 1.165) is 7.11 Å². The van der Waals surface area contributed by atoms with Gasteiger partial charge in [-0.3, -0.25) is 0 Å². The molecule has 0 spiro atoms. The van der Waals surface area contributed by atoms with Gasteiger partial charge in [0.05, 0.1) is 7.11 Å². The summed E-state index contributed by atoms with van der Waals surface area (Å²) in [5, 5.41) is 20.3. The maximum absolute atomic E-state index is 11.2. The summed E-state index contributed by atoms with van der Waals surface area (Å²) in [6, 6.07) is 2.76. The van der Waals surface area contributed by atoms with Gasteiger partial charge in [-0.1, -0.05) is 0 Å². The number of nitrogens with zero attached hydrogens (tertiary/aromatic N) is 2. The lowest BCUT2D eigenvalue weighted by Crippen LogP contribution is -2.42. The minimum Gasteiger partial charge on any atom is -0.482 e. The van der Waals surface area contributed by atoms with E-state index in [1.165, 1.54) is 25.3 Å². The molecule has 0 aliphatic carbocycles. The maximum atomic E-state index is 11.2. The van der Waals surface area contributed by atoms with Gasteiger partial charge in [-0.15, -0.1) is 0 Å². The molecule has 8 heteroatoms. The summed E-state index contributed by atoms with van der Waals surface area (Å²) >= 11 is 0. The van der Waals surface area contributed by atoms with Crippen molar-refractivity contribution in [1.82, 2.24) is 4.98 Å². The third kappa shape index (κ3) is 3.14. The zero-order chi connectivity index (χ0) is 13.8. The van der Waals surface area contributed by atoms with E-state index in [-0.39, 0.29) is 5.75 Å². The lowest BCUT2D eigenvalue weighted by atomic mass is 10.1. The molecule has 1 heterocycles. The van der Waals surface area contributed by atoms with Crippen LogP contribution in [0.5, 0.6) is 5.75 Å². The number of carbonyl (C=O) groups is 1. The number of carbonyl (C=O) groups excluding carboxylic acids is 1. The number of aromatic nitrogens is 1. The third-order valence-corrected chi connectivity index (χ3v) is 2.06. The monoisotopic (exact) mass is 256 g/mol. The second kappa shape index (κ2) is 5.41. The smallest absolute Gasteiger partial charge is 0.406 e. The molecule has 1 rings (SSSR count). The molecule has 1 aromatic rings. The topological polar surface area (TPSA) is 112 Å². The van der Waals surface area contributed by atoms with E-state index >= 15 is 0 Å². The fourth-order valence-corrected chi connectivity index (χ4v) is 1.13. The first kappa shape index (κ1) is 13.8. The van der Waals surface area contributed by atoms with E-state index in [0.29, 0.717) is 0 Å². The number of aliphatic hydroxyl groups is 1. The summed E-state index contributed by atoms with van der Waals surface area (Å²) < 4.78 is 9.39. The highest BCUT2D eigenvalue weighted by molar-refractivity contribution is 5.78. The van der Waals surface area contributed by atoms with Gasteiger partial charge in [0.15, 0.2) is 5.60 Å². The van der Waals surface area contributed by atoms with Crippen LogP contribution in [0.15, 0.2) is 18.3 Å². The summed E-state index contributed by atoms with van der Waals surface area (Å²) in [6.45, 7) is 0.702. The van der Waals surface area contributed by atoms with Crippen LogP contribution in [0.2, 0.25) is 0 Å². The van der Waals surface area contributed by atoms with E-state index in [1.54, 1.807) is 0 Å². The molecule has 0 fully saturated rings. The average Bonchev–Trinajstić information content (AvgIpc) is 2.35. The van der Waals surface area contributed by atoms with Crippen molar-refractivity contribution in [2.45, 2.75) is 12.5 Å². The fourth-order valence-electron chi connectivity index (χ4n) is 1.13. The summed E-state index contributed by atoms with van der Waals surface area (Å²) in [6.07, 6.45) is 1.24. The van der Waals surface area contributed by atoms with E-state index in [2.05, 4.69) is 9.72 Å². The Hall–Kier alpha value is -2.22. The van der Waals surface area contributed by atoms with Crippen LogP contribution < -0.4 is 4.74 Å². The number of rotatable bonds is 5. The molecule has 1 unspecified atom stereocenters. The Morgan fingerprint density at radius 3 is 2.89 bits per heavy atom. The fraction of sp³-hybridized carbons (Fsp3) is 0.400. The van der Waals surface area contributed by atoms with Crippen molar-refractivity contribution in [3.05, 3.63) is 28.4 Å². The van der Waals surface area contributed by atoms with Crippen molar-refractivity contribution in [2.75, 3.05) is 13.7 Å². The number of nitro groups is 1. The largest absolute Gasteiger partial charge is 0.482 e. The molecular formula is C10H12N2O6. The Balaban J connectivity index is 2.81. The Morgan fingerprint density at radius 1 is 1.67 bits per heavy atom. The second-order valence-corrected chi connectivity index (χ2v) is 3.64. The molecule has 0 aromatic carbocycles. The van der Waals surface area contributed by atoms with E-state index in [4.69, 9.17) is 4.74 Å². The minimum atomic E-state index is -1.89. The first-order chi connectivity index (χ1) is 8.38. The van der Waals surface area contributed by atoms with Crippen molar-refractivity contribution in [1.29, 1.82) is 0 Å². The van der Waals surface area contributed by atoms with Crippen molar-refractivity contribution in [3.8, 4) is 5.75 Å². The minimum absolute atomic E-state index is 0.133. The van der Waals surface area contributed by atoms with E-state index in [1.807, 2.05) is 0 Å². The third-order valence-electron chi connectivity index (χ3n) is 2.06. The molecule has 0 radical (unpaired) electrons. The predicted molar refractivity (Wildman–Crippen MR) is 59.0 cm³/mol. The summed E-state index contributed by atoms with van der Waals surface area (Å²) in [5.74, 6) is -1.51. The lowest BCUT2D eigenvalue weighted by Gasteiger charge is -2.19. The van der Waals surface area contributed by atoms with Gasteiger partial charge in [-0.25, -0.2) is 4.79 Å². The zero-order valence-corrected chi connectivity index (χ0v) is 9.82. The SMILES string of the molecule is COC(=O)C(C)(O)COc1cccnc1[N+](=O)[O-]. The number of ether oxygens (including phenoxy) is 2. The molecule has 1 N–H and O–H groups in total. The maximum Gasteiger partial charge on any atom is 0.406 e. The van der Waals surface area contributed by atoms with Gasteiger partial charge in [0.25, 0.3) is 0 Å². The first-order valence-corrected chi connectivity index (χ1v) is 4.91. The summed E-state index contributed by atoms with van der Waals surface area (Å²) in [7, 11) is 1.11. The number of esters is 1.